The average Bonchev–Trinajstić information content (AvgIpc) is 2.38. The Morgan fingerprint density at radius 1 is 1.35 bits per heavy atom. The first-order valence-corrected chi connectivity index (χ1v) is 6.75. The van der Waals surface area contributed by atoms with Crippen molar-refractivity contribution in [2.75, 3.05) is 18.0 Å². The van der Waals surface area contributed by atoms with Crippen LogP contribution in [0, 0.1) is 0 Å². The van der Waals surface area contributed by atoms with Gasteiger partial charge in [-0.2, -0.15) is 0 Å². The SMILES string of the molecule is CCC1CN(c2ccccc2OC(F)(F)F)C(C)CN1. The van der Waals surface area contributed by atoms with E-state index in [1.165, 1.54) is 6.07 Å². The Bertz CT molecular complexity index is 450. The largest absolute Gasteiger partial charge is 0.573 e. The van der Waals surface area contributed by atoms with Gasteiger partial charge < -0.3 is 15.0 Å². The number of benzene rings is 1. The number of alkyl halides is 3. The highest BCUT2D eigenvalue weighted by molar-refractivity contribution is 5.59. The molecule has 0 aromatic heterocycles. The highest BCUT2D eigenvalue weighted by Gasteiger charge is 2.34. The molecule has 1 saturated heterocycles. The number of halogens is 3. The van der Waals surface area contributed by atoms with E-state index in [0.29, 0.717) is 12.2 Å². The summed E-state index contributed by atoms with van der Waals surface area (Å²) in [5.41, 5.74) is 0.497. The monoisotopic (exact) mass is 288 g/mol. The molecule has 2 atom stereocenters. The van der Waals surface area contributed by atoms with E-state index in [2.05, 4.69) is 17.0 Å². The molecule has 20 heavy (non-hydrogen) atoms. The first-order valence-electron chi connectivity index (χ1n) is 6.75. The Kier molecular flexibility index (Phi) is 4.42. The highest BCUT2D eigenvalue weighted by atomic mass is 19.4. The molecule has 112 valence electrons. The summed E-state index contributed by atoms with van der Waals surface area (Å²) in [5.74, 6) is -0.136. The fraction of sp³-hybridized carbons (Fsp3) is 0.571. The minimum Gasteiger partial charge on any atom is -0.404 e. The summed E-state index contributed by atoms with van der Waals surface area (Å²) in [7, 11) is 0. The fourth-order valence-electron chi connectivity index (χ4n) is 2.44. The van der Waals surface area contributed by atoms with Crippen molar-refractivity contribution in [3.63, 3.8) is 0 Å². The smallest absolute Gasteiger partial charge is 0.404 e. The van der Waals surface area contributed by atoms with Crippen LogP contribution in [0.2, 0.25) is 0 Å². The third-order valence-corrected chi connectivity index (χ3v) is 3.54. The van der Waals surface area contributed by atoms with Crippen molar-refractivity contribution < 1.29 is 17.9 Å². The number of hydrogen-bond donors (Lipinski definition) is 1. The molecule has 0 amide bonds. The van der Waals surface area contributed by atoms with E-state index in [9.17, 15) is 13.2 Å². The molecule has 1 N–H and O–H groups in total. The normalized spacial score (nSPS) is 23.8. The van der Waals surface area contributed by atoms with Crippen LogP contribution in [0.25, 0.3) is 0 Å². The number of anilines is 1. The molecule has 0 spiro atoms. The van der Waals surface area contributed by atoms with Crippen LogP contribution < -0.4 is 15.0 Å². The maximum atomic E-state index is 12.5. The molecule has 1 aliphatic heterocycles. The first-order chi connectivity index (χ1) is 9.40. The van der Waals surface area contributed by atoms with Crippen LogP contribution >= 0.6 is 0 Å². The van der Waals surface area contributed by atoms with Gasteiger partial charge in [0.25, 0.3) is 0 Å². The van der Waals surface area contributed by atoms with E-state index in [4.69, 9.17) is 0 Å². The first kappa shape index (κ1) is 15.0. The molecule has 0 bridgehead atoms. The molecule has 3 nitrogen and oxygen atoms in total. The molecule has 1 fully saturated rings. The lowest BCUT2D eigenvalue weighted by molar-refractivity contribution is -0.274. The summed E-state index contributed by atoms with van der Waals surface area (Å²) < 4.78 is 41.6. The third kappa shape index (κ3) is 3.56. The molecule has 0 saturated carbocycles. The predicted molar refractivity (Wildman–Crippen MR) is 72.0 cm³/mol. The lowest BCUT2D eigenvalue weighted by Crippen LogP contribution is -2.55. The molecule has 0 aliphatic carbocycles. The zero-order chi connectivity index (χ0) is 14.8. The van der Waals surface area contributed by atoms with Gasteiger partial charge in [-0.1, -0.05) is 19.1 Å². The van der Waals surface area contributed by atoms with Gasteiger partial charge in [-0.3, -0.25) is 0 Å². The van der Waals surface area contributed by atoms with E-state index in [1.54, 1.807) is 18.2 Å². The summed E-state index contributed by atoms with van der Waals surface area (Å²) in [6.45, 7) is 5.47. The van der Waals surface area contributed by atoms with Crippen LogP contribution in [0.4, 0.5) is 18.9 Å². The van der Waals surface area contributed by atoms with Crippen molar-refractivity contribution in [2.45, 2.75) is 38.7 Å². The predicted octanol–water partition coefficient (Wildman–Crippen LogP) is 3.16. The summed E-state index contributed by atoms with van der Waals surface area (Å²) in [6.07, 6.45) is -3.73. The molecule has 1 aliphatic rings. The summed E-state index contributed by atoms with van der Waals surface area (Å²) in [6, 6.07) is 6.72. The van der Waals surface area contributed by atoms with Crippen LogP contribution in [0.1, 0.15) is 20.3 Å². The van der Waals surface area contributed by atoms with Gasteiger partial charge in [0, 0.05) is 25.2 Å². The highest BCUT2D eigenvalue weighted by Crippen LogP contribution is 2.34. The van der Waals surface area contributed by atoms with E-state index in [1.807, 2.05) is 11.8 Å². The Morgan fingerprint density at radius 2 is 2.05 bits per heavy atom. The number of para-hydroxylation sites is 2. The minimum atomic E-state index is -4.67. The lowest BCUT2D eigenvalue weighted by atomic mass is 10.1. The Hall–Kier alpha value is -1.43. The maximum Gasteiger partial charge on any atom is 0.573 e. The Labute approximate surface area is 116 Å². The second-order valence-corrected chi connectivity index (χ2v) is 5.03. The van der Waals surface area contributed by atoms with E-state index in [-0.39, 0.29) is 17.8 Å². The number of piperazine rings is 1. The van der Waals surface area contributed by atoms with Crippen molar-refractivity contribution in [2.24, 2.45) is 0 Å². The topological polar surface area (TPSA) is 24.5 Å². The van der Waals surface area contributed by atoms with Gasteiger partial charge in [0.15, 0.2) is 5.75 Å². The lowest BCUT2D eigenvalue weighted by Gasteiger charge is -2.40. The van der Waals surface area contributed by atoms with Gasteiger partial charge in [-0.15, -0.1) is 13.2 Å². The van der Waals surface area contributed by atoms with Gasteiger partial charge in [0.05, 0.1) is 5.69 Å². The van der Waals surface area contributed by atoms with Crippen LogP contribution in [-0.4, -0.2) is 31.5 Å². The fourth-order valence-corrected chi connectivity index (χ4v) is 2.44. The molecule has 2 unspecified atom stereocenters. The van der Waals surface area contributed by atoms with Crippen molar-refractivity contribution >= 4 is 5.69 Å². The Morgan fingerprint density at radius 3 is 2.70 bits per heavy atom. The molecule has 6 heteroatoms. The van der Waals surface area contributed by atoms with Crippen LogP contribution in [0.3, 0.4) is 0 Å². The van der Waals surface area contributed by atoms with E-state index in [0.717, 1.165) is 13.0 Å². The van der Waals surface area contributed by atoms with Gasteiger partial charge in [0.2, 0.25) is 0 Å². The van der Waals surface area contributed by atoms with Gasteiger partial charge in [-0.25, -0.2) is 0 Å². The summed E-state index contributed by atoms with van der Waals surface area (Å²) >= 11 is 0. The van der Waals surface area contributed by atoms with E-state index < -0.39 is 6.36 Å². The second-order valence-electron chi connectivity index (χ2n) is 5.03. The van der Waals surface area contributed by atoms with Crippen molar-refractivity contribution in [3.05, 3.63) is 24.3 Å². The number of rotatable bonds is 3. The number of nitrogens with zero attached hydrogens (tertiary/aromatic N) is 1. The number of ether oxygens (including phenoxy) is 1. The summed E-state index contributed by atoms with van der Waals surface area (Å²) in [5, 5.41) is 3.38. The summed E-state index contributed by atoms with van der Waals surface area (Å²) in [4.78, 5) is 1.98. The molecular weight excluding hydrogens is 269 g/mol. The molecule has 1 heterocycles. The van der Waals surface area contributed by atoms with Gasteiger partial charge >= 0.3 is 6.36 Å². The molecular formula is C14H19F3N2O. The average molecular weight is 288 g/mol. The standard InChI is InChI=1S/C14H19F3N2O/c1-3-11-9-19(10(2)8-18-11)12-6-4-5-7-13(12)20-14(15,16)17/h4-7,10-11,18H,3,8-9H2,1-2H3. The molecule has 1 aromatic carbocycles. The quantitative estimate of drug-likeness (QED) is 0.924. The maximum absolute atomic E-state index is 12.5. The second kappa shape index (κ2) is 5.91. The zero-order valence-corrected chi connectivity index (χ0v) is 11.6. The van der Waals surface area contributed by atoms with Crippen molar-refractivity contribution in [3.8, 4) is 5.75 Å². The molecule has 1 aromatic rings. The van der Waals surface area contributed by atoms with Crippen LogP contribution in [0.15, 0.2) is 24.3 Å². The van der Waals surface area contributed by atoms with Crippen molar-refractivity contribution in [1.29, 1.82) is 0 Å². The Balaban J connectivity index is 2.26. The van der Waals surface area contributed by atoms with Gasteiger partial charge in [-0.05, 0) is 25.5 Å². The molecule has 0 radical (unpaired) electrons. The van der Waals surface area contributed by atoms with E-state index >= 15 is 0 Å². The van der Waals surface area contributed by atoms with Crippen LogP contribution in [-0.2, 0) is 0 Å². The van der Waals surface area contributed by atoms with Crippen LogP contribution in [0.5, 0.6) is 5.75 Å². The van der Waals surface area contributed by atoms with Crippen molar-refractivity contribution in [1.82, 2.24) is 5.32 Å². The molecule has 2 rings (SSSR count). The minimum absolute atomic E-state index is 0.121. The third-order valence-electron chi connectivity index (χ3n) is 3.54. The number of hydrogen-bond acceptors (Lipinski definition) is 3. The van der Waals surface area contributed by atoms with Gasteiger partial charge in [0.1, 0.15) is 0 Å². The zero-order valence-electron chi connectivity index (χ0n) is 11.6. The number of nitrogens with one attached hydrogen (secondary N) is 1.